The van der Waals surface area contributed by atoms with Crippen LogP contribution in [0.5, 0.6) is 0 Å². The summed E-state index contributed by atoms with van der Waals surface area (Å²) in [7, 11) is 0. The van der Waals surface area contributed by atoms with Crippen molar-refractivity contribution in [1.82, 2.24) is 10.3 Å². The maximum absolute atomic E-state index is 11.4. The number of rotatable bonds is 3. The zero-order valence-corrected chi connectivity index (χ0v) is 11.6. The first kappa shape index (κ1) is 14.7. The predicted molar refractivity (Wildman–Crippen MR) is 71.1 cm³/mol. The van der Waals surface area contributed by atoms with Gasteiger partial charge in [-0.1, -0.05) is 0 Å². The number of ether oxygens (including phenoxy) is 1. The molecule has 0 aromatic rings. The highest BCUT2D eigenvalue weighted by molar-refractivity contribution is 5.80. The van der Waals surface area contributed by atoms with Gasteiger partial charge >= 0.3 is 0 Å². The van der Waals surface area contributed by atoms with Gasteiger partial charge in [0.15, 0.2) is 0 Å². The molecule has 110 valence electrons. The molecule has 3 unspecified atom stereocenters. The molecule has 0 aromatic heterocycles. The molecule has 0 spiro atoms. The van der Waals surface area contributed by atoms with E-state index in [0.717, 1.165) is 51.7 Å². The lowest BCUT2D eigenvalue weighted by molar-refractivity contribution is -0.132. The minimum absolute atomic E-state index is 0.102. The number of hydrazine groups is 1. The Morgan fingerprint density at radius 3 is 3.00 bits per heavy atom. The average Bonchev–Trinajstić information content (AvgIpc) is 2.76. The van der Waals surface area contributed by atoms with Crippen molar-refractivity contribution < 1.29 is 14.6 Å². The van der Waals surface area contributed by atoms with Crippen LogP contribution in [0, 0.1) is 0 Å². The minimum atomic E-state index is -0.534. The topological polar surface area (TPSA) is 87.8 Å². The molecular weight excluding hydrogens is 246 g/mol. The van der Waals surface area contributed by atoms with Crippen molar-refractivity contribution in [2.45, 2.75) is 56.8 Å². The molecule has 2 aliphatic heterocycles. The van der Waals surface area contributed by atoms with E-state index < -0.39 is 11.7 Å². The number of hydrogen-bond donors (Lipinski definition) is 3. The third kappa shape index (κ3) is 4.14. The highest BCUT2D eigenvalue weighted by Crippen LogP contribution is 2.24. The van der Waals surface area contributed by atoms with Crippen molar-refractivity contribution >= 4 is 5.91 Å². The molecule has 0 bridgehead atoms. The summed E-state index contributed by atoms with van der Waals surface area (Å²) in [5.74, 6) is 4.88. The average molecular weight is 271 g/mol. The molecule has 6 nitrogen and oxygen atoms in total. The lowest BCUT2D eigenvalue weighted by Gasteiger charge is -2.24. The number of aliphatic hydroxyl groups is 1. The highest BCUT2D eigenvalue weighted by Gasteiger charge is 2.32. The molecule has 0 aromatic carbocycles. The van der Waals surface area contributed by atoms with Crippen molar-refractivity contribution in [3.63, 3.8) is 0 Å². The molecule has 2 fully saturated rings. The molecule has 2 rings (SSSR count). The minimum Gasteiger partial charge on any atom is -0.390 e. The van der Waals surface area contributed by atoms with Gasteiger partial charge < -0.3 is 14.7 Å². The molecule has 2 heterocycles. The van der Waals surface area contributed by atoms with Gasteiger partial charge in [0.25, 0.3) is 5.91 Å². The zero-order chi connectivity index (χ0) is 13.9. The lowest BCUT2D eigenvalue weighted by Crippen LogP contribution is -2.40. The number of nitrogens with two attached hydrogens (primary N) is 1. The Balaban J connectivity index is 1.78. The van der Waals surface area contributed by atoms with Crippen molar-refractivity contribution in [3.8, 4) is 0 Å². The van der Waals surface area contributed by atoms with E-state index in [1.165, 1.54) is 0 Å². The zero-order valence-electron chi connectivity index (χ0n) is 11.6. The molecule has 4 N–H and O–H groups in total. The number of hydrogen-bond acceptors (Lipinski definition) is 5. The molecule has 6 heteroatoms. The first-order valence-corrected chi connectivity index (χ1v) is 7.11. The third-order valence-corrected chi connectivity index (χ3v) is 4.16. The fourth-order valence-corrected chi connectivity index (χ4v) is 2.92. The number of carbonyl (C=O) groups is 1. The van der Waals surface area contributed by atoms with Crippen molar-refractivity contribution in [2.75, 3.05) is 19.6 Å². The fraction of sp³-hybridized carbons (Fsp3) is 0.923. The van der Waals surface area contributed by atoms with Crippen LogP contribution in [0.15, 0.2) is 0 Å². The van der Waals surface area contributed by atoms with Gasteiger partial charge in [-0.05, 0) is 45.6 Å². The monoisotopic (exact) mass is 271 g/mol. The standard InChI is InChI=1S/C13H25N3O3/c1-13(18)5-2-7-16(8-6-13)9-10-3-4-11(19-10)12(17)15-14/h10-11,18H,2-9,14H2,1H3,(H,15,17). The summed E-state index contributed by atoms with van der Waals surface area (Å²) in [4.78, 5) is 13.7. The molecule has 0 saturated carbocycles. The molecule has 2 aliphatic rings. The van der Waals surface area contributed by atoms with E-state index >= 15 is 0 Å². The van der Waals surface area contributed by atoms with Crippen LogP contribution >= 0.6 is 0 Å². The number of nitrogens with one attached hydrogen (secondary N) is 1. The Bertz CT molecular complexity index is 322. The van der Waals surface area contributed by atoms with E-state index in [1.54, 1.807) is 0 Å². The van der Waals surface area contributed by atoms with Gasteiger partial charge in [0.2, 0.25) is 0 Å². The van der Waals surface area contributed by atoms with Crippen LogP contribution in [0.4, 0.5) is 0 Å². The van der Waals surface area contributed by atoms with Crippen LogP contribution in [0.2, 0.25) is 0 Å². The molecule has 0 aliphatic carbocycles. The van der Waals surface area contributed by atoms with E-state index in [1.807, 2.05) is 6.92 Å². The van der Waals surface area contributed by atoms with E-state index in [4.69, 9.17) is 10.6 Å². The summed E-state index contributed by atoms with van der Waals surface area (Å²) in [6.07, 6.45) is 3.99. The second-order valence-corrected chi connectivity index (χ2v) is 5.98. The second kappa shape index (κ2) is 6.17. The lowest BCUT2D eigenvalue weighted by atomic mass is 9.98. The van der Waals surface area contributed by atoms with Crippen LogP contribution in [-0.2, 0) is 9.53 Å². The summed E-state index contributed by atoms with van der Waals surface area (Å²) in [5.41, 5.74) is 1.61. The molecule has 0 radical (unpaired) electrons. The molecular formula is C13H25N3O3. The molecule has 3 atom stereocenters. The summed E-state index contributed by atoms with van der Waals surface area (Å²) in [5, 5.41) is 10.1. The van der Waals surface area contributed by atoms with E-state index in [2.05, 4.69) is 10.3 Å². The van der Waals surface area contributed by atoms with Gasteiger partial charge in [-0.2, -0.15) is 0 Å². The van der Waals surface area contributed by atoms with Gasteiger partial charge in [0, 0.05) is 13.1 Å². The van der Waals surface area contributed by atoms with Crippen molar-refractivity contribution in [3.05, 3.63) is 0 Å². The van der Waals surface area contributed by atoms with E-state index in [9.17, 15) is 9.90 Å². The number of nitrogens with zero attached hydrogens (tertiary/aromatic N) is 1. The summed E-state index contributed by atoms with van der Waals surface area (Å²) < 4.78 is 5.71. The summed E-state index contributed by atoms with van der Waals surface area (Å²) in [6.45, 7) is 4.62. The summed E-state index contributed by atoms with van der Waals surface area (Å²) >= 11 is 0. The largest absolute Gasteiger partial charge is 0.390 e. The molecule has 19 heavy (non-hydrogen) atoms. The van der Waals surface area contributed by atoms with Gasteiger partial charge in [-0.25, -0.2) is 5.84 Å². The number of likely N-dealkylation sites (tertiary alicyclic amines) is 1. The Morgan fingerprint density at radius 1 is 1.47 bits per heavy atom. The number of amides is 1. The quantitative estimate of drug-likeness (QED) is 0.375. The fourth-order valence-electron chi connectivity index (χ4n) is 2.92. The smallest absolute Gasteiger partial charge is 0.263 e. The SMILES string of the molecule is CC1(O)CCCN(CC2CCC(C(=O)NN)O2)CC1. The maximum atomic E-state index is 11.4. The third-order valence-electron chi connectivity index (χ3n) is 4.16. The van der Waals surface area contributed by atoms with Gasteiger partial charge in [0.05, 0.1) is 11.7 Å². The first-order chi connectivity index (χ1) is 9.00. The van der Waals surface area contributed by atoms with E-state index in [-0.39, 0.29) is 12.0 Å². The Morgan fingerprint density at radius 2 is 2.26 bits per heavy atom. The molecule has 2 saturated heterocycles. The predicted octanol–water partition coefficient (Wildman–Crippen LogP) is -0.239. The van der Waals surface area contributed by atoms with Crippen LogP contribution in [-0.4, -0.2) is 53.4 Å². The maximum Gasteiger partial charge on any atom is 0.263 e. The van der Waals surface area contributed by atoms with Crippen molar-refractivity contribution in [1.29, 1.82) is 0 Å². The van der Waals surface area contributed by atoms with Crippen LogP contribution in [0.3, 0.4) is 0 Å². The molecule has 1 amide bonds. The number of carbonyl (C=O) groups excluding carboxylic acids is 1. The Hall–Kier alpha value is -0.690. The first-order valence-electron chi connectivity index (χ1n) is 7.11. The highest BCUT2D eigenvalue weighted by atomic mass is 16.5. The van der Waals surface area contributed by atoms with Crippen LogP contribution in [0.25, 0.3) is 0 Å². The van der Waals surface area contributed by atoms with E-state index in [0.29, 0.717) is 0 Å². The van der Waals surface area contributed by atoms with Gasteiger partial charge in [-0.3, -0.25) is 10.2 Å². The Labute approximate surface area is 114 Å². The van der Waals surface area contributed by atoms with Crippen LogP contribution in [0.1, 0.15) is 39.0 Å². The summed E-state index contributed by atoms with van der Waals surface area (Å²) in [6, 6.07) is 0. The Kier molecular flexibility index (Phi) is 4.78. The second-order valence-electron chi connectivity index (χ2n) is 5.98. The van der Waals surface area contributed by atoms with Gasteiger partial charge in [-0.15, -0.1) is 0 Å². The van der Waals surface area contributed by atoms with Gasteiger partial charge in [0.1, 0.15) is 6.10 Å². The van der Waals surface area contributed by atoms with Crippen molar-refractivity contribution in [2.24, 2.45) is 5.84 Å². The normalized spacial score (nSPS) is 37.0. The van der Waals surface area contributed by atoms with Crippen LogP contribution < -0.4 is 11.3 Å².